The van der Waals surface area contributed by atoms with Gasteiger partial charge in [0.15, 0.2) is 0 Å². The minimum atomic E-state index is 2.00. The smallest absolute Gasteiger partial charge is 0.0140 e. The molecule has 0 spiro atoms. The van der Waals surface area contributed by atoms with Gasteiger partial charge in [-0.2, -0.15) is 0 Å². The van der Waals surface area contributed by atoms with Crippen LogP contribution in [0.3, 0.4) is 0 Å². The van der Waals surface area contributed by atoms with Gasteiger partial charge in [-0.3, -0.25) is 0 Å². The summed E-state index contributed by atoms with van der Waals surface area (Å²) in [6.07, 6.45) is 0. The zero-order valence-corrected chi connectivity index (χ0v) is 12.9. The molecule has 0 unspecified atom stereocenters. The fourth-order valence-electron chi connectivity index (χ4n) is 0. The molecule has 0 saturated carbocycles. The SMILES string of the molecule is CC.CC.CC.CN(C)C.CN(C)C. The minimum absolute atomic E-state index is 2.00. The van der Waals surface area contributed by atoms with Gasteiger partial charge in [0.05, 0.1) is 0 Å². The maximum absolute atomic E-state index is 2.00. The van der Waals surface area contributed by atoms with Gasteiger partial charge in [-0.25, -0.2) is 0 Å². The molecule has 0 aliphatic heterocycles. The van der Waals surface area contributed by atoms with Crippen molar-refractivity contribution in [3.63, 3.8) is 0 Å². The third-order valence-electron chi connectivity index (χ3n) is 0. The van der Waals surface area contributed by atoms with Crippen LogP contribution in [-0.4, -0.2) is 52.1 Å². The quantitative estimate of drug-likeness (QED) is 0.602. The largest absolute Gasteiger partial charge is 0.312 e. The molecule has 0 N–H and O–H groups in total. The van der Waals surface area contributed by atoms with Crippen LogP contribution in [0.25, 0.3) is 0 Å². The lowest BCUT2D eigenvalue weighted by Crippen LogP contribution is -1.99. The lowest BCUT2D eigenvalue weighted by atomic mass is 11.0. The second-order valence-electron chi connectivity index (χ2n) is 2.68. The molecule has 94 valence electrons. The minimum Gasteiger partial charge on any atom is -0.312 e. The second-order valence-corrected chi connectivity index (χ2v) is 2.68. The van der Waals surface area contributed by atoms with Crippen LogP contribution in [-0.2, 0) is 0 Å². The first kappa shape index (κ1) is 29.2. The number of hydrogen-bond acceptors (Lipinski definition) is 2. The summed E-state index contributed by atoms with van der Waals surface area (Å²) in [5, 5.41) is 0. The normalized spacial score (nSPS) is 6.43. The van der Waals surface area contributed by atoms with Crippen molar-refractivity contribution in [2.24, 2.45) is 0 Å². The van der Waals surface area contributed by atoms with Gasteiger partial charge in [0, 0.05) is 0 Å². The molecule has 0 radical (unpaired) electrons. The van der Waals surface area contributed by atoms with E-state index in [1.54, 1.807) is 0 Å². The highest BCUT2D eigenvalue weighted by atomic mass is 15.0. The Kier molecular flexibility index (Phi) is 109. The third-order valence-corrected chi connectivity index (χ3v) is 0. The Bertz CT molecular complexity index is 23.8. The number of hydrogen-bond donors (Lipinski definition) is 0. The highest BCUT2D eigenvalue weighted by Gasteiger charge is 1.58. The van der Waals surface area contributed by atoms with Crippen molar-refractivity contribution in [3.05, 3.63) is 0 Å². The van der Waals surface area contributed by atoms with E-state index in [1.807, 2.05) is 93.6 Å². The predicted molar refractivity (Wildman–Crippen MR) is 73.3 cm³/mol. The van der Waals surface area contributed by atoms with Crippen molar-refractivity contribution in [1.29, 1.82) is 0 Å². The van der Waals surface area contributed by atoms with Gasteiger partial charge in [0.1, 0.15) is 0 Å². The molecule has 14 heavy (non-hydrogen) atoms. The van der Waals surface area contributed by atoms with Crippen molar-refractivity contribution in [3.8, 4) is 0 Å². The first-order valence-electron chi connectivity index (χ1n) is 5.68. The number of rotatable bonds is 0. The van der Waals surface area contributed by atoms with E-state index in [0.29, 0.717) is 0 Å². The summed E-state index contributed by atoms with van der Waals surface area (Å²) in [6, 6.07) is 0. The van der Waals surface area contributed by atoms with Crippen LogP contribution < -0.4 is 0 Å². The molecule has 0 aromatic heterocycles. The summed E-state index contributed by atoms with van der Waals surface area (Å²) in [7, 11) is 12.0. The Morgan fingerprint density at radius 3 is 0.357 bits per heavy atom. The van der Waals surface area contributed by atoms with Gasteiger partial charge in [-0.05, 0) is 42.3 Å². The zero-order valence-electron chi connectivity index (χ0n) is 12.9. The standard InChI is InChI=1S/2C3H9N.3C2H6/c2*1-4(2)3;3*1-2/h2*1-3H3;3*1-2H3. The van der Waals surface area contributed by atoms with E-state index in [0.717, 1.165) is 0 Å². The summed E-state index contributed by atoms with van der Waals surface area (Å²) in [5.74, 6) is 0. The van der Waals surface area contributed by atoms with Crippen molar-refractivity contribution in [1.82, 2.24) is 9.80 Å². The maximum Gasteiger partial charge on any atom is -0.0140 e. The van der Waals surface area contributed by atoms with Crippen LogP contribution in [0.4, 0.5) is 0 Å². The van der Waals surface area contributed by atoms with E-state index in [2.05, 4.69) is 0 Å². The fourth-order valence-corrected chi connectivity index (χ4v) is 0. The number of nitrogens with zero attached hydrogens (tertiary/aromatic N) is 2. The van der Waals surface area contributed by atoms with Crippen LogP contribution in [0.1, 0.15) is 41.5 Å². The zero-order chi connectivity index (χ0) is 13.2. The monoisotopic (exact) mass is 208 g/mol. The first-order valence-corrected chi connectivity index (χ1v) is 5.68. The molecular weight excluding hydrogens is 172 g/mol. The summed E-state index contributed by atoms with van der Waals surface area (Å²) >= 11 is 0. The molecule has 0 heterocycles. The molecule has 0 fully saturated rings. The van der Waals surface area contributed by atoms with Gasteiger partial charge in [0.25, 0.3) is 0 Å². The van der Waals surface area contributed by atoms with Gasteiger partial charge in [-0.15, -0.1) is 0 Å². The Labute approximate surface area is 94.3 Å². The Morgan fingerprint density at radius 2 is 0.357 bits per heavy atom. The van der Waals surface area contributed by atoms with E-state index in [4.69, 9.17) is 0 Å². The molecule has 0 rings (SSSR count). The van der Waals surface area contributed by atoms with Crippen molar-refractivity contribution >= 4 is 0 Å². The molecule has 0 bridgehead atoms. The molecule has 0 aliphatic rings. The van der Waals surface area contributed by atoms with E-state index in [9.17, 15) is 0 Å². The maximum atomic E-state index is 2.00. The highest BCUT2D eigenvalue weighted by Crippen LogP contribution is 1.48. The molecule has 0 saturated heterocycles. The second kappa shape index (κ2) is 52.4. The van der Waals surface area contributed by atoms with Crippen LogP contribution in [0, 0.1) is 0 Å². The van der Waals surface area contributed by atoms with Gasteiger partial charge in [0.2, 0.25) is 0 Å². The molecule has 0 atom stereocenters. The first-order chi connectivity index (χ1) is 6.46. The van der Waals surface area contributed by atoms with Crippen molar-refractivity contribution < 1.29 is 0 Å². The Balaban J connectivity index is -0.0000000255. The lowest BCUT2D eigenvalue weighted by molar-refractivity contribution is 0.505. The van der Waals surface area contributed by atoms with E-state index in [1.165, 1.54) is 0 Å². The fraction of sp³-hybridized carbons (Fsp3) is 1.00. The van der Waals surface area contributed by atoms with Crippen LogP contribution in [0.2, 0.25) is 0 Å². The topological polar surface area (TPSA) is 6.48 Å². The molecule has 0 aromatic rings. The Hall–Kier alpha value is -0.0800. The summed E-state index contributed by atoms with van der Waals surface area (Å²) < 4.78 is 0. The Morgan fingerprint density at radius 1 is 0.357 bits per heavy atom. The average molecular weight is 208 g/mol. The van der Waals surface area contributed by atoms with Crippen molar-refractivity contribution in [2.75, 3.05) is 42.3 Å². The van der Waals surface area contributed by atoms with Gasteiger partial charge < -0.3 is 9.80 Å². The van der Waals surface area contributed by atoms with Gasteiger partial charge >= 0.3 is 0 Å². The van der Waals surface area contributed by atoms with Crippen molar-refractivity contribution in [2.45, 2.75) is 41.5 Å². The van der Waals surface area contributed by atoms with E-state index >= 15 is 0 Å². The van der Waals surface area contributed by atoms with Crippen LogP contribution in [0.5, 0.6) is 0 Å². The molecule has 0 aromatic carbocycles. The van der Waals surface area contributed by atoms with E-state index < -0.39 is 0 Å². The molecular formula is C12H36N2. The molecule has 0 aliphatic carbocycles. The van der Waals surface area contributed by atoms with Gasteiger partial charge in [-0.1, -0.05) is 41.5 Å². The predicted octanol–water partition coefficient (Wildman–Crippen LogP) is 3.43. The lowest BCUT2D eigenvalue weighted by Gasteiger charge is -1.90. The molecule has 2 nitrogen and oxygen atoms in total. The highest BCUT2D eigenvalue weighted by molar-refractivity contribution is 4.09. The third kappa shape index (κ3) is 222000. The average Bonchev–Trinajstić information content (AvgIpc) is 2.12. The summed E-state index contributed by atoms with van der Waals surface area (Å²) in [4.78, 5) is 4.00. The summed E-state index contributed by atoms with van der Waals surface area (Å²) in [5.41, 5.74) is 0. The van der Waals surface area contributed by atoms with Crippen LogP contribution in [0.15, 0.2) is 0 Å². The van der Waals surface area contributed by atoms with Crippen LogP contribution >= 0.6 is 0 Å². The summed E-state index contributed by atoms with van der Waals surface area (Å²) in [6.45, 7) is 12.0. The molecule has 0 amide bonds. The molecule has 2 heteroatoms. The van der Waals surface area contributed by atoms with E-state index in [-0.39, 0.29) is 0 Å².